The Morgan fingerprint density at radius 2 is 1.20 bits per heavy atom. The first-order chi connectivity index (χ1) is 29.4. The summed E-state index contributed by atoms with van der Waals surface area (Å²) in [4.78, 5) is 7.50. The first kappa shape index (κ1) is 47.7. The molecule has 340 valence electrons. The standard InChI is InChI=1S/C31H25ClN8O18S6/c32-29-34-30(33-16-4-6-18(7-5-16)59(42,43)8-9-60(44,45)46)36-31(35-29)40-38-22-14-19(61(47,48)49)10-15-11-25(64(56,57)58)27(28(41)26(15)22)39-37-17-12-21-20(24(13-17)63(53,54)55)2-1-3-23(21)62(50,51)52/h1-7,10-14,38,41H,8-9H2,(H,44,45,46)(H,47,48,49)(H,50,51,52)(H,53,54,55)(H,56,57,58)(H2,33,34,35,36,40). The average molecular weight is 1030 g/mol. The Bertz CT molecular complexity index is 3660. The van der Waals surface area contributed by atoms with Gasteiger partial charge in [0.1, 0.15) is 20.4 Å². The third-order valence-electron chi connectivity index (χ3n) is 8.42. The molecule has 0 spiro atoms. The smallest absolute Gasteiger partial charge is 0.296 e. The molecule has 0 aliphatic rings. The SMILES string of the molecule is O=S(=O)(O)CCS(=O)(=O)c1ccc(Nc2nc(Cl)nc(NNc3cc(S(=O)(=O)O)cc4cc(S(=O)(=O)O)c(N=Nc5cc(S(=O)(=O)O)c6cccc(S(=O)(=O)O)c6c5)c(O)c34)n2)cc1. The lowest BCUT2D eigenvalue weighted by atomic mass is 10.1. The van der Waals surface area contributed by atoms with Gasteiger partial charge in [-0.05, 0) is 77.7 Å². The summed E-state index contributed by atoms with van der Waals surface area (Å²) >= 11 is 6.06. The molecule has 0 aliphatic carbocycles. The van der Waals surface area contributed by atoms with Gasteiger partial charge in [0.2, 0.25) is 17.2 Å². The maximum atomic E-state index is 12.6. The first-order valence-electron chi connectivity index (χ1n) is 16.6. The zero-order valence-corrected chi connectivity index (χ0v) is 36.6. The third-order valence-corrected chi connectivity index (χ3v) is 14.8. The largest absolute Gasteiger partial charge is 0.505 e. The zero-order chi connectivity index (χ0) is 47.4. The Kier molecular flexibility index (Phi) is 12.6. The third kappa shape index (κ3) is 10.9. The number of hydrazine groups is 1. The molecule has 64 heavy (non-hydrogen) atoms. The number of fused-ring (bicyclic) bond motifs is 2. The number of rotatable bonds is 15. The minimum Gasteiger partial charge on any atom is -0.505 e. The summed E-state index contributed by atoms with van der Waals surface area (Å²) in [6.45, 7) is 0. The average Bonchev–Trinajstić information content (AvgIpc) is 3.16. The van der Waals surface area contributed by atoms with E-state index >= 15 is 0 Å². The molecule has 0 saturated heterocycles. The molecule has 5 aromatic carbocycles. The van der Waals surface area contributed by atoms with Crippen molar-refractivity contribution in [3.8, 4) is 5.75 Å². The van der Waals surface area contributed by atoms with Crippen molar-refractivity contribution in [2.75, 3.05) is 27.7 Å². The van der Waals surface area contributed by atoms with Crippen LogP contribution in [-0.4, -0.2) is 105 Å². The van der Waals surface area contributed by atoms with Gasteiger partial charge in [-0.15, -0.1) is 5.11 Å². The van der Waals surface area contributed by atoms with Crippen LogP contribution in [0.15, 0.2) is 108 Å². The fraction of sp³-hybridized carbons (Fsp3) is 0.0645. The lowest BCUT2D eigenvalue weighted by Gasteiger charge is -2.16. The summed E-state index contributed by atoms with van der Waals surface area (Å²) in [5.74, 6) is -3.91. The lowest BCUT2D eigenvalue weighted by Crippen LogP contribution is -2.16. The van der Waals surface area contributed by atoms with E-state index in [9.17, 15) is 73.8 Å². The quantitative estimate of drug-likeness (QED) is 0.0401. The van der Waals surface area contributed by atoms with Gasteiger partial charge in [0.15, 0.2) is 15.6 Å². The summed E-state index contributed by atoms with van der Waals surface area (Å²) in [7, 11) is -29.5. The molecule has 26 nitrogen and oxygen atoms in total. The number of phenols is 1. The van der Waals surface area contributed by atoms with Crippen LogP contribution in [0.5, 0.6) is 5.75 Å². The van der Waals surface area contributed by atoms with Crippen LogP contribution in [0.2, 0.25) is 5.28 Å². The molecule has 9 N–H and O–H groups in total. The molecule has 0 amide bonds. The number of halogens is 1. The molecule has 6 rings (SSSR count). The number of nitrogens with one attached hydrogen (secondary N) is 3. The normalized spacial score (nSPS) is 13.1. The van der Waals surface area contributed by atoms with E-state index in [1.54, 1.807) is 0 Å². The monoisotopic (exact) mass is 1020 g/mol. The number of aromatic nitrogens is 3. The van der Waals surface area contributed by atoms with Crippen LogP contribution in [0.25, 0.3) is 21.5 Å². The van der Waals surface area contributed by atoms with Crippen LogP contribution in [0.4, 0.5) is 34.6 Å². The van der Waals surface area contributed by atoms with E-state index < -0.39 is 147 Å². The van der Waals surface area contributed by atoms with Gasteiger partial charge in [-0.3, -0.25) is 33.6 Å². The topological polar surface area (TPSA) is 426 Å². The second-order valence-corrected chi connectivity index (χ2v) is 22.4. The molecule has 0 fully saturated rings. The fourth-order valence-electron chi connectivity index (χ4n) is 5.71. The van der Waals surface area contributed by atoms with Crippen molar-refractivity contribution in [2.24, 2.45) is 10.2 Å². The van der Waals surface area contributed by atoms with Crippen LogP contribution in [-0.2, 0) is 60.4 Å². The Morgan fingerprint density at radius 3 is 1.80 bits per heavy atom. The van der Waals surface area contributed by atoms with E-state index in [0.717, 1.165) is 36.4 Å². The van der Waals surface area contributed by atoms with Crippen LogP contribution >= 0.6 is 11.6 Å². The van der Waals surface area contributed by atoms with E-state index in [2.05, 4.69) is 41.3 Å². The first-order valence-corrected chi connectivity index (χ1v) is 26.0. The van der Waals surface area contributed by atoms with Gasteiger partial charge in [-0.2, -0.15) is 62.2 Å². The Morgan fingerprint density at radius 1 is 0.578 bits per heavy atom. The van der Waals surface area contributed by atoms with Gasteiger partial charge < -0.3 is 10.4 Å². The molecule has 33 heteroatoms. The second kappa shape index (κ2) is 17.0. The summed E-state index contributed by atoms with van der Waals surface area (Å²) in [5, 5.41) is 19.1. The van der Waals surface area contributed by atoms with Crippen LogP contribution in [0.3, 0.4) is 0 Å². The van der Waals surface area contributed by atoms with Crippen molar-refractivity contribution < 1.29 is 78.4 Å². The molecular formula is C31H25ClN8O18S6. The molecule has 0 bridgehead atoms. The van der Waals surface area contributed by atoms with Crippen molar-refractivity contribution in [2.45, 2.75) is 24.5 Å². The zero-order valence-electron chi connectivity index (χ0n) is 31.0. The summed E-state index contributed by atoms with van der Waals surface area (Å²) < 4.78 is 194. The number of nitrogens with zero attached hydrogens (tertiary/aromatic N) is 5. The van der Waals surface area contributed by atoms with E-state index in [-0.39, 0.29) is 16.5 Å². The maximum Gasteiger partial charge on any atom is 0.296 e. The molecule has 1 heterocycles. The summed E-state index contributed by atoms with van der Waals surface area (Å²) in [5.41, 5.74) is 2.75. The summed E-state index contributed by atoms with van der Waals surface area (Å²) in [6.07, 6.45) is 0. The Balaban J connectivity index is 1.41. The Hall–Kier alpha value is -5.78. The predicted octanol–water partition coefficient (Wildman–Crippen LogP) is 3.78. The predicted molar refractivity (Wildman–Crippen MR) is 223 cm³/mol. The van der Waals surface area contributed by atoms with Crippen molar-refractivity contribution in [1.29, 1.82) is 0 Å². The second-order valence-electron chi connectivity index (χ2n) is 12.8. The van der Waals surface area contributed by atoms with E-state index in [0.29, 0.717) is 24.3 Å². The minimum atomic E-state index is -5.43. The van der Waals surface area contributed by atoms with Crippen molar-refractivity contribution >= 4 is 128 Å². The Labute approximate surface area is 365 Å². The lowest BCUT2D eigenvalue weighted by molar-refractivity contribution is 0.472. The van der Waals surface area contributed by atoms with E-state index in [1.807, 2.05) is 0 Å². The molecule has 0 atom stereocenters. The number of hydrogen-bond donors (Lipinski definition) is 9. The fourth-order valence-corrected chi connectivity index (χ4v) is 11.0. The van der Waals surface area contributed by atoms with Gasteiger partial charge >= 0.3 is 0 Å². The molecule has 1 aromatic heterocycles. The van der Waals surface area contributed by atoms with Crippen LogP contribution in [0, 0.1) is 0 Å². The number of hydrogen-bond acceptors (Lipinski definition) is 21. The van der Waals surface area contributed by atoms with Crippen molar-refractivity contribution in [3.63, 3.8) is 0 Å². The number of phenolic OH excluding ortho intramolecular Hbond substituents is 1. The minimum absolute atomic E-state index is 0.153. The molecule has 0 saturated carbocycles. The van der Waals surface area contributed by atoms with E-state index in [4.69, 9.17) is 16.2 Å². The highest BCUT2D eigenvalue weighted by Gasteiger charge is 2.27. The highest BCUT2D eigenvalue weighted by molar-refractivity contribution is 7.93. The van der Waals surface area contributed by atoms with Gasteiger partial charge in [0, 0.05) is 16.5 Å². The van der Waals surface area contributed by atoms with Gasteiger partial charge in [0.05, 0.1) is 38.1 Å². The van der Waals surface area contributed by atoms with Crippen molar-refractivity contribution in [1.82, 2.24) is 15.0 Å². The number of azo groups is 1. The van der Waals surface area contributed by atoms with E-state index in [1.165, 1.54) is 12.1 Å². The highest BCUT2D eigenvalue weighted by Crippen LogP contribution is 2.45. The number of sulfone groups is 1. The molecule has 0 aliphatic heterocycles. The number of benzene rings is 5. The number of aromatic hydroxyl groups is 1. The maximum absolute atomic E-state index is 12.6. The molecule has 6 aromatic rings. The van der Waals surface area contributed by atoms with Crippen LogP contribution < -0.4 is 16.2 Å². The molecular weight excluding hydrogens is 1000 g/mol. The van der Waals surface area contributed by atoms with Gasteiger partial charge in [-0.25, -0.2) is 8.42 Å². The van der Waals surface area contributed by atoms with Crippen LogP contribution in [0.1, 0.15) is 0 Å². The van der Waals surface area contributed by atoms with Gasteiger partial charge in [-0.1, -0.05) is 12.1 Å². The summed E-state index contributed by atoms with van der Waals surface area (Å²) in [6, 6.07) is 11.2. The number of anilines is 4. The highest BCUT2D eigenvalue weighted by atomic mass is 35.5. The van der Waals surface area contributed by atoms with Crippen molar-refractivity contribution in [3.05, 3.63) is 78.1 Å². The van der Waals surface area contributed by atoms with Gasteiger partial charge in [0.25, 0.3) is 50.6 Å². The molecule has 0 unspecified atom stereocenters. The molecule has 0 radical (unpaired) electrons.